The van der Waals surface area contributed by atoms with Gasteiger partial charge in [-0.1, -0.05) is 104 Å². The summed E-state index contributed by atoms with van der Waals surface area (Å²) in [5.41, 5.74) is 13.5. The number of benzene rings is 5. The van der Waals surface area contributed by atoms with Crippen molar-refractivity contribution < 1.29 is 0 Å². The number of anilines is 2. The van der Waals surface area contributed by atoms with Crippen LogP contribution in [-0.4, -0.2) is 21.9 Å². The monoisotopic (exact) mass is 561 g/mol. The molecule has 0 amide bonds. The van der Waals surface area contributed by atoms with Gasteiger partial charge in [-0.05, 0) is 70.2 Å². The lowest BCUT2D eigenvalue weighted by Crippen LogP contribution is -2.63. The van der Waals surface area contributed by atoms with Gasteiger partial charge in [-0.2, -0.15) is 0 Å². The molecule has 5 aromatic carbocycles. The van der Waals surface area contributed by atoms with Gasteiger partial charge >= 0.3 is 0 Å². The van der Waals surface area contributed by atoms with E-state index in [9.17, 15) is 0 Å². The number of rotatable bonds is 1. The number of fused-ring (bicyclic) bond motifs is 15. The van der Waals surface area contributed by atoms with E-state index < -0.39 is 0 Å². The van der Waals surface area contributed by atoms with Crippen molar-refractivity contribution >= 4 is 67.2 Å². The highest BCUT2D eigenvalue weighted by Crippen LogP contribution is 2.52. The third-order valence-corrected chi connectivity index (χ3v) is 10.9. The van der Waals surface area contributed by atoms with Crippen LogP contribution < -0.4 is 21.3 Å². The van der Waals surface area contributed by atoms with E-state index in [4.69, 9.17) is 0 Å². The highest BCUT2D eigenvalue weighted by Gasteiger charge is 2.50. The molecule has 2 atom stereocenters. The third-order valence-electron chi connectivity index (χ3n) is 10.9. The Labute approximate surface area is 256 Å². The molecule has 2 unspecified atom stereocenters. The van der Waals surface area contributed by atoms with Crippen LogP contribution in [0, 0.1) is 0 Å². The molecule has 0 radical (unpaired) electrons. The highest BCUT2D eigenvalue weighted by molar-refractivity contribution is 7.01. The van der Waals surface area contributed by atoms with Crippen LogP contribution in [-0.2, 0) is 5.41 Å². The van der Waals surface area contributed by atoms with Crippen LogP contribution in [0.3, 0.4) is 0 Å². The Morgan fingerprint density at radius 2 is 1.43 bits per heavy atom. The Morgan fingerprint density at radius 1 is 0.705 bits per heavy atom. The first-order valence-electron chi connectivity index (χ1n) is 15.8. The van der Waals surface area contributed by atoms with Gasteiger partial charge in [0.05, 0.1) is 22.6 Å². The largest absolute Gasteiger partial charge is 0.335 e. The molecule has 0 N–H and O–H groups in total. The Bertz CT molecular complexity index is 2460. The summed E-state index contributed by atoms with van der Waals surface area (Å²) in [6.45, 7) is 2.58. The molecule has 0 saturated carbocycles. The van der Waals surface area contributed by atoms with Gasteiger partial charge in [-0.25, -0.2) is 0 Å². The van der Waals surface area contributed by atoms with Gasteiger partial charge in [0, 0.05) is 33.2 Å². The molecular formula is C40H28BN3. The highest BCUT2D eigenvalue weighted by atomic mass is 15.2. The molecule has 11 rings (SSSR count). The smallest absolute Gasteiger partial charge is 0.255 e. The molecule has 7 aromatic rings. The summed E-state index contributed by atoms with van der Waals surface area (Å²) in [6.07, 6.45) is 10.5. The minimum atomic E-state index is -0.0525. The molecule has 4 aliphatic rings. The number of hydrogen-bond acceptors (Lipinski definition) is 1. The molecular weight excluding hydrogens is 533 g/mol. The van der Waals surface area contributed by atoms with Crippen LogP contribution >= 0.6 is 0 Å². The fourth-order valence-electron chi connectivity index (χ4n) is 9.21. The first-order valence-corrected chi connectivity index (χ1v) is 15.8. The number of allylic oxidation sites excluding steroid dienone is 3. The molecule has 2 bridgehead atoms. The second-order valence-corrected chi connectivity index (χ2v) is 13.2. The molecule has 5 heterocycles. The zero-order valence-corrected chi connectivity index (χ0v) is 24.4. The van der Waals surface area contributed by atoms with Crippen molar-refractivity contribution in [2.45, 2.75) is 24.8 Å². The van der Waals surface area contributed by atoms with Gasteiger partial charge in [0.25, 0.3) is 6.71 Å². The van der Waals surface area contributed by atoms with E-state index in [1.54, 1.807) is 0 Å². The number of aromatic nitrogens is 2. The van der Waals surface area contributed by atoms with Crippen molar-refractivity contribution in [2.24, 2.45) is 0 Å². The summed E-state index contributed by atoms with van der Waals surface area (Å²) in [5.74, 6) is 1.27. The second-order valence-electron chi connectivity index (χ2n) is 13.2. The third kappa shape index (κ3) is 2.59. The van der Waals surface area contributed by atoms with Crippen molar-refractivity contribution in [3.8, 4) is 11.5 Å². The lowest BCUT2D eigenvalue weighted by Gasteiger charge is -2.50. The summed E-state index contributed by atoms with van der Waals surface area (Å²) in [5, 5.41) is 4.01. The van der Waals surface area contributed by atoms with E-state index in [0.29, 0.717) is 6.04 Å². The van der Waals surface area contributed by atoms with Gasteiger partial charge in [-0.15, -0.1) is 0 Å². The Balaban J connectivity index is 1.43. The average Bonchev–Trinajstić information content (AvgIpc) is 3.52. The lowest BCUT2D eigenvalue weighted by atomic mass is 9.33. The maximum absolute atomic E-state index is 2.69. The van der Waals surface area contributed by atoms with Crippen LogP contribution in [0.25, 0.3) is 44.2 Å². The Morgan fingerprint density at radius 3 is 2.30 bits per heavy atom. The molecule has 1 aliphatic carbocycles. The van der Waals surface area contributed by atoms with Gasteiger partial charge in [0.1, 0.15) is 5.82 Å². The predicted molar refractivity (Wildman–Crippen MR) is 185 cm³/mol. The standard InChI is InChI=1S/C40H28BN3/c1-40-22-12-11-15-26(24-40)42-34-21-10-7-18-31(34)41-35-28-17-6-9-20-33(28)43(25-13-3-2-4-14-25)39(35)44-32-19-8-5-16-27(32)29-23-30(40)38(42)36(41)37(29)44/h2-23,26H,24H2,1H3. The number of nitrogens with zero attached hydrogens (tertiary/aromatic N) is 3. The van der Waals surface area contributed by atoms with Crippen molar-refractivity contribution in [3.05, 3.63) is 139 Å². The summed E-state index contributed by atoms with van der Waals surface area (Å²) in [6, 6.07) is 41.1. The minimum absolute atomic E-state index is 0.0525. The van der Waals surface area contributed by atoms with E-state index in [-0.39, 0.29) is 12.1 Å². The molecule has 0 saturated heterocycles. The van der Waals surface area contributed by atoms with Crippen molar-refractivity contribution in [1.29, 1.82) is 0 Å². The fourth-order valence-corrected chi connectivity index (χ4v) is 9.21. The predicted octanol–water partition coefficient (Wildman–Crippen LogP) is 7.16. The summed E-state index contributed by atoms with van der Waals surface area (Å²) in [7, 11) is 0. The topological polar surface area (TPSA) is 13.1 Å². The molecule has 0 spiro atoms. The van der Waals surface area contributed by atoms with E-state index in [0.717, 1.165) is 6.42 Å². The molecule has 0 fully saturated rings. The van der Waals surface area contributed by atoms with E-state index in [1.165, 1.54) is 77.5 Å². The zero-order chi connectivity index (χ0) is 28.7. The van der Waals surface area contributed by atoms with Crippen LogP contribution in [0.1, 0.15) is 18.9 Å². The molecule has 2 aromatic heterocycles. The van der Waals surface area contributed by atoms with Crippen LogP contribution in [0.5, 0.6) is 0 Å². The van der Waals surface area contributed by atoms with Crippen LogP contribution in [0.4, 0.5) is 11.4 Å². The second kappa shape index (κ2) is 7.83. The van der Waals surface area contributed by atoms with Gasteiger partial charge in [0.2, 0.25) is 0 Å². The number of hydrogen-bond donors (Lipinski definition) is 0. The normalized spacial score (nSPS) is 20.3. The summed E-state index contributed by atoms with van der Waals surface area (Å²) in [4.78, 5) is 2.69. The van der Waals surface area contributed by atoms with E-state index in [2.05, 4.69) is 154 Å². The fraction of sp³-hybridized carbons (Fsp3) is 0.100. The zero-order valence-electron chi connectivity index (χ0n) is 24.4. The van der Waals surface area contributed by atoms with Gasteiger partial charge in [-0.3, -0.25) is 9.13 Å². The van der Waals surface area contributed by atoms with Crippen LogP contribution in [0.15, 0.2) is 133 Å². The van der Waals surface area contributed by atoms with Gasteiger partial charge < -0.3 is 4.90 Å². The SMILES string of the molecule is CC12C=CC=CC(C1)N1c3ccccc3B3c4c(n(-c5ccccc5)c5ccccc45)-n4c5ccccc5c5cc2c1c3c54. The summed E-state index contributed by atoms with van der Waals surface area (Å²) >= 11 is 0. The van der Waals surface area contributed by atoms with Crippen molar-refractivity contribution in [3.63, 3.8) is 0 Å². The maximum Gasteiger partial charge on any atom is 0.255 e. The Hall–Kier alpha value is -5.22. The molecule has 44 heavy (non-hydrogen) atoms. The lowest BCUT2D eigenvalue weighted by molar-refractivity contribution is 0.482. The first-order chi connectivity index (χ1) is 21.7. The molecule has 4 heteroatoms. The molecule has 3 nitrogen and oxygen atoms in total. The average molecular weight is 561 g/mol. The van der Waals surface area contributed by atoms with Crippen molar-refractivity contribution in [1.82, 2.24) is 9.13 Å². The van der Waals surface area contributed by atoms with E-state index >= 15 is 0 Å². The van der Waals surface area contributed by atoms with E-state index in [1.807, 2.05) is 0 Å². The Kier molecular flexibility index (Phi) is 4.14. The molecule has 3 aliphatic heterocycles. The number of para-hydroxylation sites is 4. The first kappa shape index (κ1) is 23.3. The quantitative estimate of drug-likeness (QED) is 0.194. The molecule has 206 valence electrons. The van der Waals surface area contributed by atoms with Crippen molar-refractivity contribution in [2.75, 3.05) is 4.90 Å². The minimum Gasteiger partial charge on any atom is -0.335 e. The summed E-state index contributed by atoms with van der Waals surface area (Å²) < 4.78 is 5.12. The van der Waals surface area contributed by atoms with Gasteiger partial charge in [0.15, 0.2) is 0 Å². The maximum atomic E-state index is 2.69. The van der Waals surface area contributed by atoms with Crippen LogP contribution in [0.2, 0.25) is 0 Å².